The summed E-state index contributed by atoms with van der Waals surface area (Å²) < 4.78 is 10.4. The maximum Gasteiger partial charge on any atom is 0.241 e. The van der Waals surface area contributed by atoms with Gasteiger partial charge in [-0.15, -0.1) is 24.0 Å². The van der Waals surface area contributed by atoms with Crippen molar-refractivity contribution in [3.8, 4) is 11.5 Å². The van der Waals surface area contributed by atoms with Crippen LogP contribution in [0, 0.1) is 0 Å². The molecule has 158 valence electrons. The largest absolute Gasteiger partial charge is 0.497 e. The number of hydrogen-bond acceptors (Lipinski definition) is 4. The second-order valence-electron chi connectivity index (χ2n) is 6.36. The highest BCUT2D eigenvalue weighted by molar-refractivity contribution is 14.0. The molecule has 2 rings (SSSR count). The zero-order chi connectivity index (χ0) is 20.4. The fourth-order valence-corrected chi connectivity index (χ4v) is 2.36. The van der Waals surface area contributed by atoms with Crippen molar-refractivity contribution >= 4 is 35.8 Å². The number of guanidine groups is 1. The van der Waals surface area contributed by atoms with E-state index in [1.807, 2.05) is 48.5 Å². The first-order chi connectivity index (χ1) is 13.5. The summed E-state index contributed by atoms with van der Waals surface area (Å²) in [7, 11) is 6.73. The van der Waals surface area contributed by atoms with Gasteiger partial charge in [-0.3, -0.25) is 4.79 Å². The Balaban J connectivity index is 0.00000420. The molecule has 0 heterocycles. The molecule has 7 nitrogen and oxygen atoms in total. The number of methoxy groups -OCH3 is 2. The lowest BCUT2D eigenvalue weighted by molar-refractivity contribution is -0.127. The van der Waals surface area contributed by atoms with Crippen molar-refractivity contribution < 1.29 is 14.3 Å². The van der Waals surface area contributed by atoms with Crippen LogP contribution in [-0.2, 0) is 17.9 Å². The molecule has 2 aromatic carbocycles. The van der Waals surface area contributed by atoms with Gasteiger partial charge in [0.05, 0.1) is 27.3 Å². The fourth-order valence-electron chi connectivity index (χ4n) is 2.36. The molecule has 0 spiro atoms. The summed E-state index contributed by atoms with van der Waals surface area (Å²) in [6.07, 6.45) is 0. The van der Waals surface area contributed by atoms with Gasteiger partial charge in [-0.2, -0.15) is 0 Å². The van der Waals surface area contributed by atoms with Crippen molar-refractivity contribution in [2.45, 2.75) is 13.1 Å². The first kappa shape index (κ1) is 24.5. The van der Waals surface area contributed by atoms with Crippen molar-refractivity contribution in [3.05, 3.63) is 59.7 Å². The van der Waals surface area contributed by atoms with Gasteiger partial charge in [0, 0.05) is 20.6 Å². The van der Waals surface area contributed by atoms with E-state index in [0.29, 0.717) is 19.0 Å². The van der Waals surface area contributed by atoms with Crippen molar-refractivity contribution in [2.75, 3.05) is 34.9 Å². The van der Waals surface area contributed by atoms with Gasteiger partial charge in [0.1, 0.15) is 11.5 Å². The number of likely N-dealkylation sites (N-methyl/N-ethyl adjacent to an activating group) is 1. The summed E-state index contributed by atoms with van der Waals surface area (Å²) in [5.41, 5.74) is 2.10. The molecule has 29 heavy (non-hydrogen) atoms. The Morgan fingerprint density at radius 1 is 0.966 bits per heavy atom. The van der Waals surface area contributed by atoms with Crippen LogP contribution < -0.4 is 20.1 Å². The minimum absolute atomic E-state index is 0. The molecular formula is C21H29IN4O3. The molecule has 0 aliphatic carbocycles. The lowest BCUT2D eigenvalue weighted by Gasteiger charge is -2.15. The summed E-state index contributed by atoms with van der Waals surface area (Å²) in [4.78, 5) is 18.0. The Morgan fingerprint density at radius 2 is 1.66 bits per heavy atom. The Hall–Kier alpha value is -2.49. The average Bonchev–Trinajstić information content (AvgIpc) is 2.73. The van der Waals surface area contributed by atoms with Crippen molar-refractivity contribution in [1.29, 1.82) is 0 Å². The summed E-state index contributed by atoms with van der Waals surface area (Å²) in [6, 6.07) is 15.5. The second-order valence-corrected chi connectivity index (χ2v) is 6.36. The molecule has 8 heteroatoms. The van der Waals surface area contributed by atoms with Gasteiger partial charge >= 0.3 is 0 Å². The number of carbonyl (C=O) groups excluding carboxylic acids is 1. The SMILES string of the molecule is COc1ccc(CNC(=NCc2cccc(OC)c2)NCC(=O)N(C)C)cc1.I. The van der Waals surface area contributed by atoms with Crippen LogP contribution in [-0.4, -0.2) is 51.6 Å². The van der Waals surface area contributed by atoms with E-state index in [4.69, 9.17) is 9.47 Å². The number of amides is 1. The van der Waals surface area contributed by atoms with Gasteiger partial charge in [-0.25, -0.2) is 4.99 Å². The van der Waals surface area contributed by atoms with Gasteiger partial charge in [-0.1, -0.05) is 24.3 Å². The molecule has 0 aliphatic heterocycles. The van der Waals surface area contributed by atoms with E-state index < -0.39 is 0 Å². The monoisotopic (exact) mass is 512 g/mol. The summed E-state index contributed by atoms with van der Waals surface area (Å²) in [5, 5.41) is 6.35. The Kier molecular flexibility index (Phi) is 10.9. The third-order valence-electron chi connectivity index (χ3n) is 4.08. The van der Waals surface area contributed by atoms with E-state index in [1.165, 1.54) is 4.90 Å². The van der Waals surface area contributed by atoms with E-state index in [9.17, 15) is 4.79 Å². The van der Waals surface area contributed by atoms with Crippen molar-refractivity contribution in [1.82, 2.24) is 15.5 Å². The predicted molar refractivity (Wildman–Crippen MR) is 126 cm³/mol. The fraction of sp³-hybridized carbons (Fsp3) is 0.333. The molecule has 2 N–H and O–H groups in total. The molecule has 0 saturated carbocycles. The molecule has 0 bridgehead atoms. The number of benzene rings is 2. The molecular weight excluding hydrogens is 483 g/mol. The number of nitrogens with zero attached hydrogens (tertiary/aromatic N) is 2. The van der Waals surface area contributed by atoms with Crippen LogP contribution in [0.25, 0.3) is 0 Å². The lowest BCUT2D eigenvalue weighted by Crippen LogP contribution is -2.42. The smallest absolute Gasteiger partial charge is 0.241 e. The third kappa shape index (κ3) is 8.59. The number of nitrogens with one attached hydrogen (secondary N) is 2. The zero-order valence-corrected chi connectivity index (χ0v) is 19.6. The van der Waals surface area contributed by atoms with Crippen LogP contribution in [0.1, 0.15) is 11.1 Å². The van der Waals surface area contributed by atoms with E-state index in [0.717, 1.165) is 22.6 Å². The number of hydrogen-bond donors (Lipinski definition) is 2. The van der Waals surface area contributed by atoms with Gasteiger partial charge in [0.2, 0.25) is 5.91 Å². The standard InChI is InChI=1S/C21H28N4O3.HI/c1-25(2)20(26)15-24-21(22-13-16-8-10-18(27-3)11-9-16)23-14-17-6-5-7-19(12-17)28-4;/h5-12H,13-15H2,1-4H3,(H2,22,23,24);1H. The molecule has 0 unspecified atom stereocenters. The minimum Gasteiger partial charge on any atom is -0.497 e. The minimum atomic E-state index is -0.0275. The predicted octanol–water partition coefficient (Wildman–Crippen LogP) is 2.65. The molecule has 0 aliphatic rings. The maximum atomic E-state index is 11.9. The quantitative estimate of drug-likeness (QED) is 0.323. The highest BCUT2D eigenvalue weighted by Crippen LogP contribution is 2.13. The number of rotatable bonds is 8. The van der Waals surface area contributed by atoms with Gasteiger partial charge in [0.15, 0.2) is 5.96 Å². The molecule has 0 aromatic heterocycles. The van der Waals surface area contributed by atoms with Crippen LogP contribution in [0.3, 0.4) is 0 Å². The first-order valence-electron chi connectivity index (χ1n) is 9.00. The van der Waals surface area contributed by atoms with Crippen LogP contribution in [0.4, 0.5) is 0 Å². The highest BCUT2D eigenvalue weighted by atomic mass is 127. The van der Waals surface area contributed by atoms with Crippen molar-refractivity contribution in [2.24, 2.45) is 4.99 Å². The van der Waals surface area contributed by atoms with Crippen LogP contribution >= 0.6 is 24.0 Å². The Bertz CT molecular complexity index is 795. The number of halogens is 1. The van der Waals surface area contributed by atoms with E-state index in [-0.39, 0.29) is 36.4 Å². The first-order valence-corrected chi connectivity index (χ1v) is 9.00. The van der Waals surface area contributed by atoms with Gasteiger partial charge in [0.25, 0.3) is 0 Å². The molecule has 0 radical (unpaired) electrons. The second kappa shape index (κ2) is 12.9. The molecule has 1 amide bonds. The van der Waals surface area contributed by atoms with E-state index in [1.54, 1.807) is 28.3 Å². The molecule has 0 atom stereocenters. The van der Waals surface area contributed by atoms with Crippen LogP contribution in [0.2, 0.25) is 0 Å². The summed E-state index contributed by atoms with van der Waals surface area (Å²) in [5.74, 6) is 2.13. The number of aliphatic imine (C=N–C) groups is 1. The Labute approximate surface area is 189 Å². The van der Waals surface area contributed by atoms with E-state index >= 15 is 0 Å². The lowest BCUT2D eigenvalue weighted by atomic mass is 10.2. The van der Waals surface area contributed by atoms with Gasteiger partial charge in [-0.05, 0) is 35.4 Å². The van der Waals surface area contributed by atoms with E-state index in [2.05, 4.69) is 15.6 Å². The highest BCUT2D eigenvalue weighted by Gasteiger charge is 2.06. The number of carbonyl (C=O) groups is 1. The third-order valence-corrected chi connectivity index (χ3v) is 4.08. The summed E-state index contributed by atoms with van der Waals surface area (Å²) in [6.45, 7) is 1.20. The summed E-state index contributed by atoms with van der Waals surface area (Å²) >= 11 is 0. The van der Waals surface area contributed by atoms with Crippen molar-refractivity contribution in [3.63, 3.8) is 0 Å². The molecule has 0 saturated heterocycles. The van der Waals surface area contributed by atoms with Gasteiger partial charge < -0.3 is 25.0 Å². The average molecular weight is 512 g/mol. The van der Waals surface area contributed by atoms with Crippen LogP contribution in [0.15, 0.2) is 53.5 Å². The molecule has 0 fully saturated rings. The maximum absolute atomic E-state index is 11.9. The topological polar surface area (TPSA) is 75.2 Å². The Morgan fingerprint density at radius 3 is 2.28 bits per heavy atom. The number of ether oxygens (including phenoxy) is 2. The molecule has 2 aromatic rings. The normalized spacial score (nSPS) is 10.6. The zero-order valence-electron chi connectivity index (χ0n) is 17.3. The van der Waals surface area contributed by atoms with Crippen LogP contribution in [0.5, 0.6) is 11.5 Å².